The quantitative estimate of drug-likeness (QED) is 0.778. The summed E-state index contributed by atoms with van der Waals surface area (Å²) in [7, 11) is 1.62. The van der Waals surface area contributed by atoms with Crippen molar-refractivity contribution < 1.29 is 14.3 Å². The molecule has 3 unspecified atom stereocenters. The molecule has 3 atom stereocenters. The number of nitrogens with two attached hydrogens (primary N) is 1. The molecular weight excluding hydrogens is 366 g/mol. The Balaban J connectivity index is 1.42. The van der Waals surface area contributed by atoms with Crippen LogP contribution in [0.2, 0.25) is 0 Å². The Labute approximate surface area is 170 Å². The maximum Gasteiger partial charge on any atom is 0.243 e. The Bertz CT molecular complexity index is 900. The van der Waals surface area contributed by atoms with Crippen LogP contribution in [0.3, 0.4) is 0 Å². The molecule has 6 heteroatoms. The summed E-state index contributed by atoms with van der Waals surface area (Å²) >= 11 is 0. The van der Waals surface area contributed by atoms with Crippen molar-refractivity contribution in [1.29, 1.82) is 0 Å². The summed E-state index contributed by atoms with van der Waals surface area (Å²) in [6.45, 7) is 0. The summed E-state index contributed by atoms with van der Waals surface area (Å²) in [6, 6.07) is 7.65. The zero-order valence-electron chi connectivity index (χ0n) is 16.7. The monoisotopic (exact) mass is 393 g/mol. The molecule has 6 nitrogen and oxygen atoms in total. The van der Waals surface area contributed by atoms with E-state index in [4.69, 9.17) is 15.5 Å². The molecule has 1 fully saturated rings. The minimum absolute atomic E-state index is 0.141. The van der Waals surface area contributed by atoms with Crippen LogP contribution in [0.5, 0.6) is 5.75 Å². The van der Waals surface area contributed by atoms with Gasteiger partial charge >= 0.3 is 0 Å². The molecule has 2 aliphatic carbocycles. The molecule has 152 valence electrons. The van der Waals surface area contributed by atoms with Crippen molar-refractivity contribution >= 4 is 17.5 Å². The fourth-order valence-corrected chi connectivity index (χ4v) is 4.71. The summed E-state index contributed by atoms with van der Waals surface area (Å²) in [5.41, 5.74) is 8.11. The van der Waals surface area contributed by atoms with Crippen molar-refractivity contribution in [2.75, 3.05) is 7.11 Å². The molecule has 0 bridgehead atoms. The van der Waals surface area contributed by atoms with E-state index < -0.39 is 11.4 Å². The largest absolute Gasteiger partial charge is 0.497 e. The van der Waals surface area contributed by atoms with Gasteiger partial charge in [0.1, 0.15) is 11.3 Å². The molecule has 3 N–H and O–H groups in total. The van der Waals surface area contributed by atoms with Gasteiger partial charge in [-0.25, -0.2) is 0 Å². The van der Waals surface area contributed by atoms with E-state index in [1.165, 1.54) is 0 Å². The van der Waals surface area contributed by atoms with Crippen LogP contribution in [0, 0.1) is 11.8 Å². The fourth-order valence-electron chi connectivity index (χ4n) is 4.71. The number of allylic oxidation sites excluding steroid dienone is 4. The number of methoxy groups -OCH3 is 1. The number of benzene rings is 1. The lowest BCUT2D eigenvalue weighted by Gasteiger charge is -2.40. The first-order chi connectivity index (χ1) is 14.0. The van der Waals surface area contributed by atoms with Gasteiger partial charge in [0.25, 0.3) is 0 Å². The molecule has 1 saturated carbocycles. The number of aryl methyl sites for hydroxylation is 1. The minimum atomic E-state index is -0.989. The lowest BCUT2D eigenvalue weighted by atomic mass is 9.69. The van der Waals surface area contributed by atoms with Gasteiger partial charge in [0, 0.05) is 29.7 Å². The van der Waals surface area contributed by atoms with Gasteiger partial charge in [-0.3, -0.25) is 14.6 Å². The number of carbonyl (C=O) groups excluding carboxylic acids is 2. The van der Waals surface area contributed by atoms with Gasteiger partial charge < -0.3 is 15.8 Å². The molecule has 2 amide bonds. The summed E-state index contributed by atoms with van der Waals surface area (Å²) < 4.78 is 5.16. The lowest BCUT2D eigenvalue weighted by Crippen LogP contribution is -2.61. The highest BCUT2D eigenvalue weighted by Crippen LogP contribution is 2.45. The number of rotatable bonds is 6. The highest BCUT2D eigenvalue weighted by molar-refractivity contribution is 5.97. The van der Waals surface area contributed by atoms with Crippen LogP contribution in [-0.4, -0.2) is 30.2 Å². The van der Waals surface area contributed by atoms with Crippen LogP contribution in [0.1, 0.15) is 37.7 Å². The molecule has 0 aromatic heterocycles. The number of nitrogens with zero attached hydrogens (tertiary/aromatic N) is 1. The average Bonchev–Trinajstić information content (AvgIpc) is 3.10. The van der Waals surface area contributed by atoms with E-state index in [2.05, 4.69) is 17.5 Å². The molecule has 3 aliphatic rings. The second-order valence-corrected chi connectivity index (χ2v) is 8.12. The Morgan fingerprint density at radius 3 is 2.79 bits per heavy atom. The standard InChI is InChI=1S/C23H27N3O3/c1-29-16-9-6-15(7-10-16)8-11-21(27)26-23(22(24)28)13-12-20-18(14-23)17-4-2-3-5-19(17)25-20/h2-3,5-7,9-10,17-18H,4,8,11-14H2,1H3,(H2,24,28)(H,26,27). The van der Waals surface area contributed by atoms with Crippen LogP contribution >= 0.6 is 0 Å². The molecule has 1 aromatic carbocycles. The van der Waals surface area contributed by atoms with Crippen molar-refractivity contribution in [2.45, 2.75) is 44.1 Å². The summed E-state index contributed by atoms with van der Waals surface area (Å²) in [4.78, 5) is 29.9. The molecular formula is C23H27N3O3. The number of primary amides is 1. The van der Waals surface area contributed by atoms with Gasteiger partial charge in [0.2, 0.25) is 11.8 Å². The first-order valence-electron chi connectivity index (χ1n) is 10.2. The maximum atomic E-state index is 12.7. The molecule has 0 spiro atoms. The van der Waals surface area contributed by atoms with Gasteiger partial charge in [-0.05, 0) is 55.9 Å². The average molecular weight is 393 g/mol. The summed E-state index contributed by atoms with van der Waals surface area (Å²) in [6.07, 6.45) is 9.80. The minimum Gasteiger partial charge on any atom is -0.497 e. The third kappa shape index (κ3) is 3.84. The number of hydrogen-bond acceptors (Lipinski definition) is 4. The number of amides is 2. The smallest absolute Gasteiger partial charge is 0.243 e. The van der Waals surface area contributed by atoms with Crippen LogP contribution in [0.15, 0.2) is 53.2 Å². The van der Waals surface area contributed by atoms with Gasteiger partial charge in [-0.2, -0.15) is 0 Å². The predicted octanol–water partition coefficient (Wildman–Crippen LogP) is 2.68. The van der Waals surface area contributed by atoms with Gasteiger partial charge in [0.15, 0.2) is 0 Å². The van der Waals surface area contributed by atoms with Gasteiger partial charge in [0.05, 0.1) is 7.11 Å². The van der Waals surface area contributed by atoms with Crippen molar-refractivity contribution in [1.82, 2.24) is 5.32 Å². The van der Waals surface area contributed by atoms with Crippen LogP contribution in [-0.2, 0) is 16.0 Å². The molecule has 0 radical (unpaired) electrons. The molecule has 29 heavy (non-hydrogen) atoms. The zero-order chi connectivity index (χ0) is 20.4. The SMILES string of the molecule is COc1ccc(CCC(=O)NC2(C(N)=O)CCC3=NC4=CC=CCC4C3C2)cc1. The third-order valence-electron chi connectivity index (χ3n) is 6.39. The first kappa shape index (κ1) is 19.4. The molecule has 4 rings (SSSR count). The van der Waals surface area contributed by atoms with Crippen molar-refractivity contribution in [3.8, 4) is 5.75 Å². The Morgan fingerprint density at radius 2 is 2.07 bits per heavy atom. The van der Waals surface area contributed by atoms with E-state index in [0.29, 0.717) is 38.0 Å². The highest BCUT2D eigenvalue weighted by atomic mass is 16.5. The van der Waals surface area contributed by atoms with Crippen LogP contribution < -0.4 is 15.8 Å². The number of aliphatic imine (C=N–C) groups is 1. The van der Waals surface area contributed by atoms with E-state index in [1.54, 1.807) is 7.11 Å². The topological polar surface area (TPSA) is 93.8 Å². The van der Waals surface area contributed by atoms with E-state index in [0.717, 1.165) is 29.1 Å². The zero-order valence-corrected chi connectivity index (χ0v) is 16.7. The summed E-state index contributed by atoms with van der Waals surface area (Å²) in [5, 5.41) is 3.00. The predicted molar refractivity (Wildman–Crippen MR) is 111 cm³/mol. The summed E-state index contributed by atoms with van der Waals surface area (Å²) in [5.74, 6) is 0.670. The number of carbonyl (C=O) groups is 2. The van der Waals surface area contributed by atoms with Crippen molar-refractivity contribution in [3.05, 3.63) is 53.8 Å². The third-order valence-corrected chi connectivity index (χ3v) is 6.39. The first-order valence-corrected chi connectivity index (χ1v) is 10.2. The normalized spacial score (nSPS) is 27.3. The molecule has 0 saturated heterocycles. The van der Waals surface area contributed by atoms with Crippen molar-refractivity contribution in [3.63, 3.8) is 0 Å². The van der Waals surface area contributed by atoms with Crippen LogP contribution in [0.25, 0.3) is 0 Å². The van der Waals surface area contributed by atoms with E-state index in [1.807, 2.05) is 30.3 Å². The van der Waals surface area contributed by atoms with Gasteiger partial charge in [-0.1, -0.05) is 24.3 Å². The molecule has 1 aliphatic heterocycles. The Hall–Kier alpha value is -2.89. The Morgan fingerprint density at radius 1 is 1.28 bits per heavy atom. The molecule has 1 aromatic rings. The van der Waals surface area contributed by atoms with Crippen molar-refractivity contribution in [2.24, 2.45) is 22.6 Å². The fraction of sp³-hybridized carbons (Fsp3) is 0.435. The lowest BCUT2D eigenvalue weighted by molar-refractivity contribution is -0.132. The molecule has 1 heterocycles. The number of ether oxygens (including phenoxy) is 1. The van der Waals surface area contributed by atoms with Crippen LogP contribution in [0.4, 0.5) is 0 Å². The number of hydrogen-bond donors (Lipinski definition) is 2. The maximum absolute atomic E-state index is 12.7. The van der Waals surface area contributed by atoms with E-state index in [9.17, 15) is 9.59 Å². The second-order valence-electron chi connectivity index (χ2n) is 8.12. The van der Waals surface area contributed by atoms with Gasteiger partial charge in [-0.15, -0.1) is 0 Å². The Kier molecular flexibility index (Phi) is 5.26. The highest BCUT2D eigenvalue weighted by Gasteiger charge is 2.49. The number of nitrogens with one attached hydrogen (secondary N) is 1. The number of fused-ring (bicyclic) bond motifs is 3. The van der Waals surface area contributed by atoms with E-state index >= 15 is 0 Å². The van der Waals surface area contributed by atoms with E-state index in [-0.39, 0.29) is 11.8 Å². The second kappa shape index (κ2) is 7.85.